The van der Waals surface area contributed by atoms with E-state index < -0.39 is 17.9 Å². The predicted molar refractivity (Wildman–Crippen MR) is 121 cm³/mol. The average molecular weight is 437 g/mol. The molecule has 3 aromatic rings. The van der Waals surface area contributed by atoms with E-state index in [1.54, 1.807) is 0 Å². The zero-order chi connectivity index (χ0) is 23.1. The number of hydrogen-bond acceptors (Lipinski definition) is 5. The molecule has 1 fully saturated rings. The molecule has 1 aromatic heterocycles. The average Bonchev–Trinajstić information content (AvgIpc) is 3.49. The van der Waals surface area contributed by atoms with Crippen molar-refractivity contribution >= 4 is 34.3 Å². The third-order valence-electron chi connectivity index (χ3n) is 5.69. The Bertz CT molecular complexity index is 1090. The molecule has 0 bridgehead atoms. The summed E-state index contributed by atoms with van der Waals surface area (Å²) in [4.78, 5) is 34.9. The van der Waals surface area contributed by atoms with Gasteiger partial charge in [0, 0.05) is 41.5 Å². The zero-order valence-corrected chi connectivity index (χ0v) is 17.6. The van der Waals surface area contributed by atoms with Gasteiger partial charge in [0.15, 0.2) is 0 Å². The molecule has 1 heterocycles. The number of H-pyrrole nitrogens is 1. The van der Waals surface area contributed by atoms with Crippen molar-refractivity contribution in [3.63, 3.8) is 0 Å². The van der Waals surface area contributed by atoms with Crippen LogP contribution in [0, 0.1) is 11.8 Å². The van der Waals surface area contributed by atoms with Crippen molar-refractivity contribution in [2.45, 2.75) is 32.1 Å². The van der Waals surface area contributed by atoms with Crippen molar-refractivity contribution in [3.05, 3.63) is 65.9 Å². The number of para-hydroxylation sites is 2. The monoisotopic (exact) mass is 437 g/mol. The molecule has 1 saturated carbocycles. The zero-order valence-electron chi connectivity index (χ0n) is 17.6. The van der Waals surface area contributed by atoms with Gasteiger partial charge < -0.3 is 20.6 Å². The maximum absolute atomic E-state index is 10.9. The van der Waals surface area contributed by atoms with Crippen LogP contribution in [0.3, 0.4) is 0 Å². The Morgan fingerprint density at radius 3 is 2.09 bits per heavy atom. The first kappa shape index (κ1) is 23.0. The van der Waals surface area contributed by atoms with Crippen molar-refractivity contribution in [2.75, 3.05) is 5.43 Å². The summed E-state index contributed by atoms with van der Waals surface area (Å²) in [6.45, 7) is 0. The maximum atomic E-state index is 10.9. The fourth-order valence-electron chi connectivity index (χ4n) is 3.96. The normalized spacial score (nSPS) is 18.7. The molecule has 0 amide bonds. The van der Waals surface area contributed by atoms with Gasteiger partial charge in [-0.05, 0) is 36.6 Å². The van der Waals surface area contributed by atoms with Crippen LogP contribution in [-0.2, 0) is 27.2 Å². The Labute approximate surface area is 185 Å². The first-order valence-electron chi connectivity index (χ1n) is 10.5. The highest BCUT2D eigenvalue weighted by Gasteiger charge is 2.30. The van der Waals surface area contributed by atoms with Gasteiger partial charge in [0.2, 0.25) is 0 Å². The van der Waals surface area contributed by atoms with Crippen LogP contribution >= 0.6 is 0 Å². The molecule has 168 valence electrons. The van der Waals surface area contributed by atoms with Crippen molar-refractivity contribution in [1.29, 1.82) is 0 Å². The number of Topliss-reactive ketones (excluding diaryl/α,β-unsaturated/α-hetero) is 1. The Morgan fingerprint density at radius 1 is 0.906 bits per heavy atom. The number of carboxylic acid groups (broad SMARTS) is 2. The largest absolute Gasteiger partial charge is 0.481 e. The summed E-state index contributed by atoms with van der Waals surface area (Å²) in [5.74, 6) is 3.03. The first-order valence-corrected chi connectivity index (χ1v) is 10.5. The van der Waals surface area contributed by atoms with Crippen LogP contribution in [0.5, 0.6) is 0 Å². The molecule has 2 atom stereocenters. The van der Waals surface area contributed by atoms with E-state index in [0.29, 0.717) is 25.7 Å². The molecule has 2 aromatic carbocycles. The van der Waals surface area contributed by atoms with E-state index in [4.69, 9.17) is 16.1 Å². The van der Waals surface area contributed by atoms with Crippen molar-refractivity contribution < 1.29 is 24.6 Å². The number of ketones is 1. The SMILES string of the molecule is NNc1ccccc1.O=C(O)C1Cc2[nH]c3ccccc3c2C1.O=C1CCC(C(=O)O)C1. The second-order valence-electron chi connectivity index (χ2n) is 7.90. The molecule has 8 heteroatoms. The van der Waals surface area contributed by atoms with Crippen LogP contribution in [-0.4, -0.2) is 32.9 Å². The van der Waals surface area contributed by atoms with Crippen LogP contribution < -0.4 is 11.3 Å². The Balaban J connectivity index is 0.000000147. The second-order valence-corrected chi connectivity index (χ2v) is 7.90. The molecule has 0 spiro atoms. The first-order chi connectivity index (χ1) is 15.4. The predicted octanol–water partition coefficient (Wildman–Crippen LogP) is 3.38. The van der Waals surface area contributed by atoms with Crippen LogP contribution in [0.1, 0.15) is 30.5 Å². The van der Waals surface area contributed by atoms with Gasteiger partial charge in [-0.25, -0.2) is 0 Å². The molecule has 0 aliphatic heterocycles. The summed E-state index contributed by atoms with van der Waals surface area (Å²) in [6.07, 6.45) is 2.54. The fraction of sp³-hybridized carbons (Fsp3) is 0.292. The Kier molecular flexibility index (Phi) is 7.62. The van der Waals surface area contributed by atoms with Crippen LogP contribution in [0.4, 0.5) is 5.69 Å². The van der Waals surface area contributed by atoms with Gasteiger partial charge >= 0.3 is 11.9 Å². The molecule has 8 nitrogen and oxygen atoms in total. The number of nitrogens with one attached hydrogen (secondary N) is 2. The highest BCUT2D eigenvalue weighted by atomic mass is 16.4. The smallest absolute Gasteiger partial charge is 0.307 e. The number of anilines is 1. The molecule has 32 heavy (non-hydrogen) atoms. The number of hydrazine groups is 1. The lowest BCUT2D eigenvalue weighted by atomic mass is 10.1. The highest BCUT2D eigenvalue weighted by molar-refractivity contribution is 5.87. The topological polar surface area (TPSA) is 146 Å². The number of hydrogen-bond donors (Lipinski definition) is 5. The molecule has 0 saturated heterocycles. The van der Waals surface area contributed by atoms with Gasteiger partial charge in [0.25, 0.3) is 0 Å². The van der Waals surface area contributed by atoms with Gasteiger partial charge in [-0.15, -0.1) is 0 Å². The third kappa shape index (κ3) is 5.73. The summed E-state index contributed by atoms with van der Waals surface area (Å²) >= 11 is 0. The molecule has 2 aliphatic carbocycles. The van der Waals surface area contributed by atoms with E-state index in [0.717, 1.165) is 16.9 Å². The lowest BCUT2D eigenvalue weighted by Crippen LogP contribution is -2.13. The lowest BCUT2D eigenvalue weighted by molar-refractivity contribution is -0.142. The number of carboxylic acids is 2. The molecular weight excluding hydrogens is 410 g/mol. The molecule has 6 N–H and O–H groups in total. The van der Waals surface area contributed by atoms with E-state index in [2.05, 4.69) is 16.5 Å². The Morgan fingerprint density at radius 2 is 1.56 bits per heavy atom. The number of nitrogen functional groups attached to an aromatic ring is 1. The van der Waals surface area contributed by atoms with Crippen LogP contribution in [0.15, 0.2) is 54.6 Å². The molecule has 5 rings (SSSR count). The van der Waals surface area contributed by atoms with Crippen LogP contribution in [0.2, 0.25) is 0 Å². The minimum absolute atomic E-state index is 0.0856. The van der Waals surface area contributed by atoms with Gasteiger partial charge in [-0.3, -0.25) is 20.2 Å². The van der Waals surface area contributed by atoms with Crippen molar-refractivity contribution in [3.8, 4) is 0 Å². The third-order valence-corrected chi connectivity index (χ3v) is 5.69. The van der Waals surface area contributed by atoms with Gasteiger partial charge in [0.05, 0.1) is 11.8 Å². The number of carbonyl (C=O) groups is 3. The quantitative estimate of drug-likeness (QED) is 0.312. The van der Waals surface area contributed by atoms with Gasteiger partial charge in [-0.2, -0.15) is 0 Å². The number of rotatable bonds is 3. The molecular formula is C24H27N3O5. The summed E-state index contributed by atoms with van der Waals surface area (Å²) in [7, 11) is 0. The minimum atomic E-state index is -0.833. The molecule has 0 radical (unpaired) electrons. The molecule has 2 unspecified atom stereocenters. The lowest BCUT2D eigenvalue weighted by Gasteiger charge is -2.01. The fourth-order valence-corrected chi connectivity index (χ4v) is 3.96. The van der Waals surface area contributed by atoms with E-state index in [1.807, 2.05) is 48.5 Å². The second kappa shape index (κ2) is 10.6. The van der Waals surface area contributed by atoms with E-state index in [-0.39, 0.29) is 18.1 Å². The van der Waals surface area contributed by atoms with E-state index in [9.17, 15) is 14.4 Å². The number of aromatic nitrogens is 1. The van der Waals surface area contributed by atoms with Gasteiger partial charge in [0.1, 0.15) is 5.78 Å². The summed E-state index contributed by atoms with van der Waals surface area (Å²) in [5.41, 5.74) is 6.87. The summed E-state index contributed by atoms with van der Waals surface area (Å²) in [5, 5.41) is 18.5. The summed E-state index contributed by atoms with van der Waals surface area (Å²) in [6, 6.07) is 17.7. The number of aromatic amines is 1. The standard InChI is InChI=1S/C12H11NO2.C6H8N2.C6H8O3/c14-12(15)7-5-9-8-3-1-2-4-10(8)13-11(9)6-7;7-8-6-4-2-1-3-5-6;7-5-2-1-4(3-5)6(8)9/h1-4,7,13H,5-6H2,(H,14,15);1-5,8H,7H2;4H,1-3H2,(H,8,9). The highest BCUT2D eigenvalue weighted by Crippen LogP contribution is 2.32. The van der Waals surface area contributed by atoms with Crippen LogP contribution in [0.25, 0.3) is 10.9 Å². The number of benzene rings is 2. The number of fused-ring (bicyclic) bond motifs is 3. The Hall–Kier alpha value is -3.65. The van der Waals surface area contributed by atoms with Crippen molar-refractivity contribution in [1.82, 2.24) is 4.98 Å². The maximum Gasteiger partial charge on any atom is 0.307 e. The number of carbonyl (C=O) groups excluding carboxylic acids is 1. The van der Waals surface area contributed by atoms with Gasteiger partial charge in [-0.1, -0.05) is 36.4 Å². The van der Waals surface area contributed by atoms with Crippen molar-refractivity contribution in [2.24, 2.45) is 17.7 Å². The summed E-state index contributed by atoms with van der Waals surface area (Å²) < 4.78 is 0. The van der Waals surface area contributed by atoms with E-state index in [1.165, 1.54) is 10.9 Å². The minimum Gasteiger partial charge on any atom is -0.481 e. The number of aliphatic carboxylic acids is 2. The molecule has 2 aliphatic rings. The number of nitrogens with two attached hydrogens (primary N) is 1. The van der Waals surface area contributed by atoms with E-state index >= 15 is 0 Å².